The Morgan fingerprint density at radius 1 is 1.33 bits per heavy atom. The van der Waals surface area contributed by atoms with E-state index in [-0.39, 0.29) is 11.6 Å². The van der Waals surface area contributed by atoms with Crippen LogP contribution in [0.15, 0.2) is 53.9 Å². The predicted octanol–water partition coefficient (Wildman–Crippen LogP) is 1.89. The molecule has 0 unspecified atom stereocenters. The van der Waals surface area contributed by atoms with Gasteiger partial charge in [0.05, 0.1) is 11.8 Å². The van der Waals surface area contributed by atoms with Crippen LogP contribution in [0.2, 0.25) is 0 Å². The number of pyridine rings is 1. The van der Waals surface area contributed by atoms with Crippen molar-refractivity contribution in [2.45, 2.75) is 13.5 Å². The van der Waals surface area contributed by atoms with E-state index in [9.17, 15) is 4.79 Å². The smallest absolute Gasteiger partial charge is 0.273 e. The molecule has 1 N–H and O–H groups in total. The average Bonchev–Trinajstić information content (AvgIpc) is 3.41. The summed E-state index contributed by atoms with van der Waals surface area (Å²) in [6.07, 6.45) is 10.3. The summed E-state index contributed by atoms with van der Waals surface area (Å²) in [5.74, 6) is 1.22. The number of nitrogens with one attached hydrogen (secondary N) is 1. The van der Waals surface area contributed by atoms with Crippen LogP contribution in [-0.2, 0) is 13.6 Å². The van der Waals surface area contributed by atoms with E-state index < -0.39 is 0 Å². The molecular weight excluding hydrogens is 346 g/mol. The molecule has 0 radical (unpaired) electrons. The lowest BCUT2D eigenvalue weighted by Crippen LogP contribution is -2.24. The number of carbonyl (C=O) groups excluding carboxylic acids is 1. The molecule has 4 rings (SSSR count). The summed E-state index contributed by atoms with van der Waals surface area (Å²) in [6, 6.07) is 3.73. The van der Waals surface area contributed by atoms with Gasteiger partial charge in [-0.25, -0.2) is 15.0 Å². The van der Waals surface area contributed by atoms with E-state index in [1.54, 1.807) is 60.5 Å². The number of aryl methyl sites for hydroxylation is 2. The van der Waals surface area contributed by atoms with Crippen LogP contribution in [-0.4, -0.2) is 35.2 Å². The number of nitrogens with zero attached hydrogens (tertiary/aromatic N) is 6. The maximum atomic E-state index is 12.6. The van der Waals surface area contributed by atoms with Gasteiger partial charge in [0, 0.05) is 43.9 Å². The third-order valence-electron chi connectivity index (χ3n) is 4.02. The molecule has 4 aromatic rings. The molecule has 136 valence electrons. The molecule has 0 bridgehead atoms. The second-order valence-corrected chi connectivity index (χ2v) is 5.97. The lowest BCUT2D eigenvalue weighted by atomic mass is 10.2. The zero-order valence-electron chi connectivity index (χ0n) is 14.8. The zero-order chi connectivity index (χ0) is 18.8. The molecule has 0 aliphatic carbocycles. The number of carbonyl (C=O) groups is 1. The molecule has 0 saturated heterocycles. The normalized spacial score (nSPS) is 10.9. The molecule has 0 aliphatic rings. The van der Waals surface area contributed by atoms with Crippen LogP contribution in [0.1, 0.15) is 21.8 Å². The largest absolute Gasteiger partial charge is 0.440 e. The Labute approximate surface area is 154 Å². The number of oxazole rings is 1. The Kier molecular flexibility index (Phi) is 4.25. The van der Waals surface area contributed by atoms with Gasteiger partial charge in [0.1, 0.15) is 17.9 Å². The van der Waals surface area contributed by atoms with Crippen LogP contribution in [0.25, 0.3) is 17.3 Å². The number of imidazole rings is 1. The van der Waals surface area contributed by atoms with Crippen LogP contribution in [0.5, 0.6) is 0 Å². The van der Waals surface area contributed by atoms with Crippen LogP contribution in [0.4, 0.5) is 0 Å². The van der Waals surface area contributed by atoms with Crippen LogP contribution >= 0.6 is 0 Å². The first-order chi connectivity index (χ1) is 13.1. The minimum Gasteiger partial charge on any atom is -0.440 e. The van der Waals surface area contributed by atoms with Gasteiger partial charge < -0.3 is 9.73 Å². The van der Waals surface area contributed by atoms with Gasteiger partial charge in [-0.2, -0.15) is 5.10 Å². The molecule has 0 atom stereocenters. The molecular formula is C18H17N7O2. The third kappa shape index (κ3) is 3.34. The fourth-order valence-corrected chi connectivity index (χ4v) is 2.71. The highest BCUT2D eigenvalue weighted by atomic mass is 16.4. The SMILES string of the molecule is Cc1oc(-c2cnn(C)c2)nc1C(=O)NCc1cccnc1-n1ccnc1. The lowest BCUT2D eigenvalue weighted by molar-refractivity contribution is 0.0945. The first-order valence-corrected chi connectivity index (χ1v) is 8.28. The van der Waals surface area contributed by atoms with Gasteiger partial charge >= 0.3 is 0 Å². The highest BCUT2D eigenvalue weighted by Gasteiger charge is 2.19. The molecule has 0 aromatic carbocycles. The second-order valence-electron chi connectivity index (χ2n) is 5.97. The molecule has 27 heavy (non-hydrogen) atoms. The minimum absolute atomic E-state index is 0.252. The standard InChI is InChI=1S/C18H17N7O2/c1-12-15(23-18(27-12)14-9-22-24(2)10-14)17(26)21-8-13-4-3-5-20-16(13)25-7-6-19-11-25/h3-7,9-11H,8H2,1-2H3,(H,21,26). The van der Waals surface area contributed by atoms with E-state index >= 15 is 0 Å². The van der Waals surface area contributed by atoms with E-state index in [4.69, 9.17) is 4.42 Å². The molecule has 0 fully saturated rings. The summed E-state index contributed by atoms with van der Waals surface area (Å²) in [4.78, 5) is 25.3. The molecule has 0 saturated carbocycles. The minimum atomic E-state index is -0.313. The molecule has 1 amide bonds. The van der Waals surface area contributed by atoms with E-state index in [0.717, 1.165) is 5.56 Å². The van der Waals surface area contributed by atoms with E-state index in [1.807, 2.05) is 12.1 Å². The summed E-state index contributed by atoms with van der Waals surface area (Å²) in [7, 11) is 1.80. The monoisotopic (exact) mass is 363 g/mol. The number of rotatable bonds is 5. The maximum absolute atomic E-state index is 12.6. The Morgan fingerprint density at radius 2 is 2.22 bits per heavy atom. The Bertz CT molecular complexity index is 1080. The Balaban J connectivity index is 1.52. The molecule has 9 heteroatoms. The number of hydrogen-bond acceptors (Lipinski definition) is 6. The quantitative estimate of drug-likeness (QED) is 0.581. The van der Waals surface area contributed by atoms with Crippen molar-refractivity contribution in [2.24, 2.45) is 7.05 Å². The fourth-order valence-electron chi connectivity index (χ4n) is 2.71. The van der Waals surface area contributed by atoms with Gasteiger partial charge in [0.25, 0.3) is 5.91 Å². The van der Waals surface area contributed by atoms with Gasteiger partial charge in [-0.15, -0.1) is 0 Å². The van der Waals surface area contributed by atoms with Crippen molar-refractivity contribution in [3.63, 3.8) is 0 Å². The summed E-state index contributed by atoms with van der Waals surface area (Å²) in [6.45, 7) is 2.01. The van der Waals surface area contributed by atoms with Crippen molar-refractivity contribution in [2.75, 3.05) is 0 Å². The maximum Gasteiger partial charge on any atom is 0.273 e. The molecule has 4 aromatic heterocycles. The van der Waals surface area contributed by atoms with Crippen molar-refractivity contribution in [3.8, 4) is 17.3 Å². The van der Waals surface area contributed by atoms with Gasteiger partial charge in [-0.05, 0) is 13.0 Å². The first-order valence-electron chi connectivity index (χ1n) is 8.28. The Hall–Kier alpha value is -3.75. The highest BCUT2D eigenvalue weighted by Crippen LogP contribution is 2.21. The van der Waals surface area contributed by atoms with Crippen molar-refractivity contribution in [3.05, 3.63) is 66.5 Å². The van der Waals surface area contributed by atoms with E-state index in [1.165, 1.54) is 0 Å². The summed E-state index contributed by atoms with van der Waals surface area (Å²) >= 11 is 0. The number of amides is 1. The average molecular weight is 363 g/mol. The van der Waals surface area contributed by atoms with Crippen molar-refractivity contribution >= 4 is 5.91 Å². The van der Waals surface area contributed by atoms with Crippen molar-refractivity contribution < 1.29 is 9.21 Å². The lowest BCUT2D eigenvalue weighted by Gasteiger charge is -2.09. The molecule has 9 nitrogen and oxygen atoms in total. The van der Waals surface area contributed by atoms with Gasteiger partial charge in [0.2, 0.25) is 5.89 Å². The van der Waals surface area contributed by atoms with Crippen molar-refractivity contribution in [1.29, 1.82) is 0 Å². The van der Waals surface area contributed by atoms with Crippen LogP contribution in [0, 0.1) is 6.92 Å². The van der Waals surface area contributed by atoms with E-state index in [2.05, 4.69) is 25.4 Å². The molecule has 0 spiro atoms. The van der Waals surface area contributed by atoms with Crippen molar-refractivity contribution in [1.82, 2.24) is 34.6 Å². The molecule has 4 heterocycles. The second kappa shape index (κ2) is 6.87. The van der Waals surface area contributed by atoms with Crippen LogP contribution in [0.3, 0.4) is 0 Å². The zero-order valence-corrected chi connectivity index (χ0v) is 14.8. The Morgan fingerprint density at radius 3 is 2.96 bits per heavy atom. The third-order valence-corrected chi connectivity index (χ3v) is 4.02. The van der Waals surface area contributed by atoms with Gasteiger partial charge in [0.15, 0.2) is 5.69 Å². The van der Waals surface area contributed by atoms with Gasteiger partial charge in [-0.3, -0.25) is 14.0 Å². The highest BCUT2D eigenvalue weighted by molar-refractivity contribution is 5.93. The summed E-state index contributed by atoms with van der Waals surface area (Å²) < 4.78 is 9.06. The van der Waals surface area contributed by atoms with Gasteiger partial charge in [-0.1, -0.05) is 6.07 Å². The topological polar surface area (TPSA) is 104 Å². The molecule has 0 aliphatic heterocycles. The fraction of sp³-hybridized carbons (Fsp3) is 0.167. The van der Waals surface area contributed by atoms with E-state index in [0.29, 0.717) is 29.6 Å². The number of aromatic nitrogens is 6. The number of hydrogen-bond donors (Lipinski definition) is 1. The first kappa shape index (κ1) is 16.7. The summed E-state index contributed by atoms with van der Waals surface area (Å²) in [5.41, 5.74) is 1.83. The summed E-state index contributed by atoms with van der Waals surface area (Å²) in [5, 5.41) is 6.96. The predicted molar refractivity (Wildman–Crippen MR) is 96.0 cm³/mol. The van der Waals surface area contributed by atoms with Crippen LogP contribution < -0.4 is 5.32 Å².